The average molecular weight is 255 g/mol. The van der Waals surface area contributed by atoms with E-state index >= 15 is 0 Å². The summed E-state index contributed by atoms with van der Waals surface area (Å²) in [4.78, 5) is 11.5. The van der Waals surface area contributed by atoms with E-state index in [-0.39, 0.29) is 17.1 Å². The van der Waals surface area contributed by atoms with Gasteiger partial charge in [-0.15, -0.1) is 11.6 Å². The highest BCUT2D eigenvalue weighted by Crippen LogP contribution is 2.24. The maximum atomic E-state index is 11.5. The zero-order valence-electron chi connectivity index (χ0n) is 10.4. The minimum absolute atomic E-state index is 0.0898. The number of para-hydroxylation sites is 1. The largest absolute Gasteiger partial charge is 0.494 e. The molecule has 0 aliphatic heterocycles. The second-order valence-corrected chi connectivity index (χ2v) is 4.97. The number of benzene rings is 1. The summed E-state index contributed by atoms with van der Waals surface area (Å²) in [5.41, 5.74) is -0.345. The van der Waals surface area contributed by atoms with Crippen LogP contribution in [0.2, 0.25) is 0 Å². The van der Waals surface area contributed by atoms with Crippen molar-refractivity contribution in [2.24, 2.45) is 5.41 Å². The first-order valence-corrected chi connectivity index (χ1v) is 6.37. The quantitative estimate of drug-likeness (QED) is 0.548. The van der Waals surface area contributed by atoms with Crippen LogP contribution in [-0.2, 0) is 4.79 Å². The topological polar surface area (TPSA) is 26.3 Å². The maximum Gasteiger partial charge on any atom is 0.153 e. The molecule has 0 aromatic heterocycles. The number of carbonyl (C=O) groups excluding carboxylic acids is 1. The van der Waals surface area contributed by atoms with Gasteiger partial charge in [-0.25, -0.2) is 0 Å². The summed E-state index contributed by atoms with van der Waals surface area (Å²) < 4.78 is 5.57. The third-order valence-corrected chi connectivity index (χ3v) is 3.08. The highest BCUT2D eigenvalue weighted by atomic mass is 35.5. The SMILES string of the molecule is CC(C)(CCCOc1ccccc1)C(=O)CCl. The fourth-order valence-corrected chi connectivity index (χ4v) is 1.90. The summed E-state index contributed by atoms with van der Waals surface area (Å²) >= 11 is 5.56. The summed E-state index contributed by atoms with van der Waals surface area (Å²) in [6.45, 7) is 4.49. The monoisotopic (exact) mass is 254 g/mol. The minimum atomic E-state index is -0.345. The van der Waals surface area contributed by atoms with Gasteiger partial charge in [0.15, 0.2) is 5.78 Å². The Labute approximate surface area is 108 Å². The van der Waals surface area contributed by atoms with Crippen LogP contribution in [0, 0.1) is 5.41 Å². The summed E-state index contributed by atoms with van der Waals surface area (Å²) in [5, 5.41) is 0. The van der Waals surface area contributed by atoms with E-state index in [1.165, 1.54) is 0 Å². The van der Waals surface area contributed by atoms with Crippen LogP contribution in [0.5, 0.6) is 5.75 Å². The van der Waals surface area contributed by atoms with E-state index in [0.29, 0.717) is 6.61 Å². The average Bonchev–Trinajstić information content (AvgIpc) is 2.35. The molecule has 3 heteroatoms. The Morgan fingerprint density at radius 1 is 1.29 bits per heavy atom. The standard InChI is InChI=1S/C14H19ClO2/c1-14(2,13(16)11-15)9-6-10-17-12-7-4-3-5-8-12/h3-5,7-8H,6,9-11H2,1-2H3. The highest BCUT2D eigenvalue weighted by molar-refractivity contribution is 6.28. The van der Waals surface area contributed by atoms with Crippen LogP contribution in [0.3, 0.4) is 0 Å². The Bertz CT molecular complexity index is 346. The number of halogens is 1. The lowest BCUT2D eigenvalue weighted by Gasteiger charge is -2.21. The lowest BCUT2D eigenvalue weighted by Crippen LogP contribution is -2.25. The van der Waals surface area contributed by atoms with Crippen molar-refractivity contribution in [3.63, 3.8) is 0 Å². The van der Waals surface area contributed by atoms with E-state index in [2.05, 4.69) is 0 Å². The van der Waals surface area contributed by atoms with Gasteiger partial charge >= 0.3 is 0 Å². The Morgan fingerprint density at radius 2 is 1.94 bits per heavy atom. The molecule has 0 bridgehead atoms. The van der Waals surface area contributed by atoms with E-state index < -0.39 is 0 Å². The molecule has 0 radical (unpaired) electrons. The molecule has 1 aromatic rings. The van der Waals surface area contributed by atoms with E-state index in [1.807, 2.05) is 44.2 Å². The fourth-order valence-electron chi connectivity index (χ4n) is 1.54. The molecule has 17 heavy (non-hydrogen) atoms. The van der Waals surface area contributed by atoms with Crippen molar-refractivity contribution in [2.75, 3.05) is 12.5 Å². The van der Waals surface area contributed by atoms with Gasteiger partial charge in [-0.3, -0.25) is 4.79 Å². The third kappa shape index (κ3) is 4.78. The molecule has 0 amide bonds. The van der Waals surface area contributed by atoms with Crippen molar-refractivity contribution < 1.29 is 9.53 Å². The molecule has 2 nitrogen and oxygen atoms in total. The molecule has 1 rings (SSSR count). The first kappa shape index (κ1) is 14.0. The lowest BCUT2D eigenvalue weighted by atomic mass is 9.84. The second kappa shape index (κ2) is 6.65. The van der Waals surface area contributed by atoms with Gasteiger partial charge < -0.3 is 4.74 Å². The normalized spacial score (nSPS) is 11.2. The van der Waals surface area contributed by atoms with Gasteiger partial charge in [0.1, 0.15) is 5.75 Å². The predicted molar refractivity (Wildman–Crippen MR) is 70.7 cm³/mol. The maximum absolute atomic E-state index is 11.5. The number of ether oxygens (including phenoxy) is 1. The molecule has 0 aliphatic rings. The zero-order chi connectivity index (χ0) is 12.7. The summed E-state index contributed by atoms with van der Waals surface area (Å²) in [7, 11) is 0. The van der Waals surface area contributed by atoms with Gasteiger partial charge in [0.2, 0.25) is 0 Å². The first-order valence-electron chi connectivity index (χ1n) is 5.83. The van der Waals surface area contributed by atoms with E-state index in [0.717, 1.165) is 18.6 Å². The molecule has 0 saturated heterocycles. The first-order chi connectivity index (χ1) is 8.06. The number of ketones is 1. The number of carbonyl (C=O) groups is 1. The Balaban J connectivity index is 2.27. The molecule has 0 unspecified atom stereocenters. The second-order valence-electron chi connectivity index (χ2n) is 4.71. The van der Waals surface area contributed by atoms with Gasteiger partial charge in [-0.05, 0) is 25.0 Å². The van der Waals surface area contributed by atoms with Crippen LogP contribution in [-0.4, -0.2) is 18.3 Å². The van der Waals surface area contributed by atoms with Gasteiger partial charge in [0.05, 0.1) is 12.5 Å². The van der Waals surface area contributed by atoms with Crippen LogP contribution < -0.4 is 4.74 Å². The van der Waals surface area contributed by atoms with Gasteiger partial charge in [0, 0.05) is 5.41 Å². The molecule has 94 valence electrons. The van der Waals surface area contributed by atoms with Crippen LogP contribution in [0.4, 0.5) is 0 Å². The molecule has 0 saturated carbocycles. The van der Waals surface area contributed by atoms with Gasteiger partial charge in [-0.1, -0.05) is 32.0 Å². The molecular formula is C14H19ClO2. The van der Waals surface area contributed by atoms with E-state index in [9.17, 15) is 4.79 Å². The van der Waals surface area contributed by atoms with Crippen molar-refractivity contribution in [3.05, 3.63) is 30.3 Å². The Hall–Kier alpha value is -1.02. The smallest absolute Gasteiger partial charge is 0.153 e. The van der Waals surface area contributed by atoms with Crippen LogP contribution >= 0.6 is 11.6 Å². The summed E-state index contributed by atoms with van der Waals surface area (Å²) in [6.07, 6.45) is 1.65. The number of hydrogen-bond donors (Lipinski definition) is 0. The van der Waals surface area contributed by atoms with Crippen molar-refractivity contribution in [3.8, 4) is 5.75 Å². The van der Waals surface area contributed by atoms with E-state index in [1.54, 1.807) is 0 Å². The number of rotatable bonds is 7. The zero-order valence-corrected chi connectivity index (χ0v) is 11.2. The molecule has 0 atom stereocenters. The summed E-state index contributed by atoms with van der Waals surface area (Å²) in [5.74, 6) is 1.06. The number of hydrogen-bond acceptors (Lipinski definition) is 2. The van der Waals surface area contributed by atoms with Crippen LogP contribution in [0.1, 0.15) is 26.7 Å². The Kier molecular flexibility index (Phi) is 5.49. The van der Waals surface area contributed by atoms with Gasteiger partial charge in [-0.2, -0.15) is 0 Å². The van der Waals surface area contributed by atoms with Crippen molar-refractivity contribution >= 4 is 17.4 Å². The van der Waals surface area contributed by atoms with Crippen molar-refractivity contribution in [1.82, 2.24) is 0 Å². The minimum Gasteiger partial charge on any atom is -0.494 e. The number of alkyl halides is 1. The molecule has 1 aromatic carbocycles. The third-order valence-electron chi connectivity index (χ3n) is 2.83. The van der Waals surface area contributed by atoms with Crippen LogP contribution in [0.15, 0.2) is 30.3 Å². The molecule has 0 aliphatic carbocycles. The van der Waals surface area contributed by atoms with Crippen molar-refractivity contribution in [1.29, 1.82) is 0 Å². The van der Waals surface area contributed by atoms with E-state index in [4.69, 9.17) is 16.3 Å². The lowest BCUT2D eigenvalue weighted by molar-refractivity contribution is -0.124. The van der Waals surface area contributed by atoms with Gasteiger partial charge in [0.25, 0.3) is 0 Å². The van der Waals surface area contributed by atoms with Crippen molar-refractivity contribution in [2.45, 2.75) is 26.7 Å². The molecule has 0 N–H and O–H groups in total. The number of Topliss-reactive ketones (excluding diaryl/α,β-unsaturated/α-hetero) is 1. The fraction of sp³-hybridized carbons (Fsp3) is 0.500. The Morgan fingerprint density at radius 3 is 2.53 bits per heavy atom. The molecular weight excluding hydrogens is 236 g/mol. The van der Waals surface area contributed by atoms with Crippen LogP contribution in [0.25, 0.3) is 0 Å². The molecule has 0 heterocycles. The highest BCUT2D eigenvalue weighted by Gasteiger charge is 2.25. The molecule has 0 spiro atoms. The summed E-state index contributed by atoms with van der Waals surface area (Å²) in [6, 6.07) is 9.69. The predicted octanol–water partition coefficient (Wildman–Crippen LogP) is 3.68. The molecule has 0 fully saturated rings.